The van der Waals surface area contributed by atoms with Crippen molar-refractivity contribution in [2.75, 3.05) is 23.4 Å². The molecule has 2 fully saturated rings. The molecule has 0 saturated carbocycles. The van der Waals surface area contributed by atoms with Gasteiger partial charge in [-0.25, -0.2) is 8.42 Å². The lowest BCUT2D eigenvalue weighted by Crippen LogP contribution is -2.38. The highest BCUT2D eigenvalue weighted by Crippen LogP contribution is 2.27. The minimum atomic E-state index is -3.05. The Morgan fingerprint density at radius 2 is 2.00 bits per heavy atom. The molecule has 1 aromatic rings. The van der Waals surface area contributed by atoms with Gasteiger partial charge < -0.3 is 10.2 Å². The number of nitrogens with one attached hydrogen (secondary N) is 1. The molecule has 7 heteroatoms. The summed E-state index contributed by atoms with van der Waals surface area (Å²) in [5.41, 5.74) is 2.96. The van der Waals surface area contributed by atoms with Gasteiger partial charge in [0.15, 0.2) is 9.84 Å². The zero-order chi connectivity index (χ0) is 17.5. The Morgan fingerprint density at radius 1 is 1.25 bits per heavy atom. The number of carbonyl (C=O) groups is 2. The molecule has 6 nitrogen and oxygen atoms in total. The minimum absolute atomic E-state index is 0.0181. The van der Waals surface area contributed by atoms with Crippen LogP contribution in [0, 0.1) is 19.8 Å². The molecular formula is C17H22N2O4S. The standard InChI is InChI=1S/C17H22N2O4S/c1-11-3-4-14(7-12(11)2)18-17(21)13-8-16(20)19(9-13)15-5-6-24(22,23)10-15/h3-4,7,13,15H,5-6,8-10H2,1-2H3,(H,18,21). The molecule has 0 bridgehead atoms. The van der Waals surface area contributed by atoms with Crippen LogP contribution in [0.1, 0.15) is 24.0 Å². The molecule has 24 heavy (non-hydrogen) atoms. The van der Waals surface area contributed by atoms with E-state index in [9.17, 15) is 18.0 Å². The molecule has 2 unspecified atom stereocenters. The van der Waals surface area contributed by atoms with Gasteiger partial charge in [0.05, 0.1) is 17.4 Å². The summed E-state index contributed by atoms with van der Waals surface area (Å²) in [6, 6.07) is 5.42. The molecule has 1 N–H and O–H groups in total. The number of aryl methyl sites for hydroxylation is 2. The van der Waals surface area contributed by atoms with Gasteiger partial charge in [-0.2, -0.15) is 0 Å². The first-order valence-electron chi connectivity index (χ1n) is 8.13. The van der Waals surface area contributed by atoms with Crippen LogP contribution in [0.4, 0.5) is 5.69 Å². The summed E-state index contributed by atoms with van der Waals surface area (Å²) in [5, 5.41) is 2.86. The zero-order valence-corrected chi connectivity index (χ0v) is 14.7. The molecule has 2 aliphatic rings. The smallest absolute Gasteiger partial charge is 0.229 e. The van der Waals surface area contributed by atoms with Crippen molar-refractivity contribution in [3.63, 3.8) is 0 Å². The maximum absolute atomic E-state index is 12.4. The largest absolute Gasteiger partial charge is 0.338 e. The molecule has 1 aromatic carbocycles. The highest BCUT2D eigenvalue weighted by atomic mass is 32.2. The maximum Gasteiger partial charge on any atom is 0.229 e. The second-order valence-corrected chi connectivity index (χ2v) is 9.02. The van der Waals surface area contributed by atoms with Crippen LogP contribution in [-0.4, -0.2) is 49.2 Å². The first-order valence-corrected chi connectivity index (χ1v) is 9.95. The van der Waals surface area contributed by atoms with Crippen molar-refractivity contribution in [2.24, 2.45) is 5.92 Å². The lowest BCUT2D eigenvalue weighted by Gasteiger charge is -2.23. The molecule has 3 rings (SSSR count). The molecule has 2 heterocycles. The van der Waals surface area contributed by atoms with Crippen LogP contribution >= 0.6 is 0 Å². The summed E-state index contributed by atoms with van der Waals surface area (Å²) in [5.74, 6) is -0.597. The van der Waals surface area contributed by atoms with E-state index in [0.717, 1.165) is 16.8 Å². The van der Waals surface area contributed by atoms with Crippen molar-refractivity contribution in [2.45, 2.75) is 32.7 Å². The average molecular weight is 350 g/mol. The normalized spacial score (nSPS) is 25.9. The number of rotatable bonds is 3. The van der Waals surface area contributed by atoms with Gasteiger partial charge in [-0.1, -0.05) is 6.07 Å². The summed E-state index contributed by atoms with van der Waals surface area (Å²) < 4.78 is 23.2. The molecule has 2 atom stereocenters. The number of amides is 2. The lowest BCUT2D eigenvalue weighted by atomic mass is 10.1. The van der Waals surface area contributed by atoms with Gasteiger partial charge in [-0.15, -0.1) is 0 Å². The maximum atomic E-state index is 12.4. The van der Waals surface area contributed by atoms with Crippen molar-refractivity contribution in [3.8, 4) is 0 Å². The van der Waals surface area contributed by atoms with Gasteiger partial charge >= 0.3 is 0 Å². The quantitative estimate of drug-likeness (QED) is 0.890. The number of likely N-dealkylation sites (tertiary alicyclic amines) is 1. The van der Waals surface area contributed by atoms with Crippen LogP contribution in [0.5, 0.6) is 0 Å². The topological polar surface area (TPSA) is 83.6 Å². The molecule has 0 aromatic heterocycles. The van der Waals surface area contributed by atoms with E-state index in [2.05, 4.69) is 5.32 Å². The Kier molecular flexibility index (Phi) is 4.38. The summed E-state index contributed by atoms with van der Waals surface area (Å²) in [7, 11) is -3.05. The van der Waals surface area contributed by atoms with Crippen LogP contribution in [-0.2, 0) is 19.4 Å². The highest BCUT2D eigenvalue weighted by Gasteiger charge is 2.41. The Hall–Kier alpha value is -1.89. The summed E-state index contributed by atoms with van der Waals surface area (Å²) in [6.45, 7) is 4.28. The lowest BCUT2D eigenvalue weighted by molar-refractivity contribution is -0.129. The van der Waals surface area contributed by atoms with Crippen LogP contribution < -0.4 is 5.32 Å². The second-order valence-electron chi connectivity index (χ2n) is 6.79. The summed E-state index contributed by atoms with van der Waals surface area (Å²) >= 11 is 0. The van der Waals surface area contributed by atoms with Gasteiger partial charge in [0, 0.05) is 24.7 Å². The van der Waals surface area contributed by atoms with Crippen molar-refractivity contribution >= 4 is 27.3 Å². The van der Waals surface area contributed by atoms with Gasteiger partial charge in [0.2, 0.25) is 11.8 Å². The second kappa shape index (κ2) is 6.20. The number of hydrogen-bond acceptors (Lipinski definition) is 4. The van der Waals surface area contributed by atoms with E-state index in [0.29, 0.717) is 13.0 Å². The number of nitrogens with zero attached hydrogens (tertiary/aromatic N) is 1. The van der Waals surface area contributed by atoms with Crippen molar-refractivity contribution in [3.05, 3.63) is 29.3 Å². The number of hydrogen-bond donors (Lipinski definition) is 1. The Morgan fingerprint density at radius 3 is 2.62 bits per heavy atom. The van der Waals surface area contributed by atoms with Gasteiger partial charge in [0.25, 0.3) is 0 Å². The molecular weight excluding hydrogens is 328 g/mol. The zero-order valence-electron chi connectivity index (χ0n) is 13.9. The Labute approximate surface area is 142 Å². The number of carbonyl (C=O) groups excluding carboxylic acids is 2. The molecule has 0 spiro atoms. The predicted octanol–water partition coefficient (Wildman–Crippen LogP) is 1.28. The van der Waals surface area contributed by atoms with E-state index >= 15 is 0 Å². The molecule has 2 aliphatic heterocycles. The third-order valence-electron chi connectivity index (χ3n) is 4.95. The fraction of sp³-hybridized carbons (Fsp3) is 0.529. The summed E-state index contributed by atoms with van der Waals surface area (Å²) in [4.78, 5) is 26.2. The fourth-order valence-electron chi connectivity index (χ4n) is 3.34. The number of anilines is 1. The molecule has 0 aliphatic carbocycles. The highest BCUT2D eigenvalue weighted by molar-refractivity contribution is 7.91. The van der Waals surface area contributed by atoms with E-state index < -0.39 is 15.8 Å². The SMILES string of the molecule is Cc1ccc(NC(=O)C2CC(=O)N(C3CCS(=O)(=O)C3)C2)cc1C. The van der Waals surface area contributed by atoms with E-state index in [1.54, 1.807) is 4.90 Å². The van der Waals surface area contributed by atoms with Gasteiger partial charge in [0.1, 0.15) is 0 Å². The van der Waals surface area contributed by atoms with Crippen LogP contribution in [0.25, 0.3) is 0 Å². The van der Waals surface area contributed by atoms with E-state index in [-0.39, 0.29) is 35.8 Å². The first kappa shape index (κ1) is 17.0. The fourth-order valence-corrected chi connectivity index (χ4v) is 5.08. The number of benzene rings is 1. The Bertz CT molecular complexity index is 788. The van der Waals surface area contributed by atoms with Crippen molar-refractivity contribution in [1.82, 2.24) is 4.90 Å². The Balaban J connectivity index is 1.64. The van der Waals surface area contributed by atoms with Crippen LogP contribution in [0.3, 0.4) is 0 Å². The van der Waals surface area contributed by atoms with E-state index in [1.165, 1.54) is 0 Å². The van der Waals surface area contributed by atoms with Gasteiger partial charge in [-0.05, 0) is 43.5 Å². The third kappa shape index (κ3) is 3.45. The van der Waals surface area contributed by atoms with Crippen LogP contribution in [0.15, 0.2) is 18.2 Å². The third-order valence-corrected chi connectivity index (χ3v) is 6.70. The molecule has 130 valence electrons. The van der Waals surface area contributed by atoms with E-state index in [4.69, 9.17) is 0 Å². The van der Waals surface area contributed by atoms with E-state index in [1.807, 2.05) is 32.0 Å². The predicted molar refractivity (Wildman–Crippen MR) is 91.4 cm³/mol. The van der Waals surface area contributed by atoms with Crippen molar-refractivity contribution in [1.29, 1.82) is 0 Å². The minimum Gasteiger partial charge on any atom is -0.338 e. The first-order chi connectivity index (χ1) is 11.2. The van der Waals surface area contributed by atoms with Crippen molar-refractivity contribution < 1.29 is 18.0 Å². The van der Waals surface area contributed by atoms with Gasteiger partial charge in [-0.3, -0.25) is 9.59 Å². The molecule has 2 saturated heterocycles. The molecule has 0 radical (unpaired) electrons. The number of sulfone groups is 1. The van der Waals surface area contributed by atoms with Crippen LogP contribution in [0.2, 0.25) is 0 Å². The monoisotopic (exact) mass is 350 g/mol. The summed E-state index contributed by atoms with van der Waals surface area (Å²) in [6.07, 6.45) is 0.618. The molecule has 2 amide bonds. The average Bonchev–Trinajstić information content (AvgIpc) is 3.05.